The summed E-state index contributed by atoms with van der Waals surface area (Å²) in [7, 11) is 0. The fourth-order valence-corrected chi connectivity index (χ4v) is 8.65. The summed E-state index contributed by atoms with van der Waals surface area (Å²) in [5, 5.41) is 8.78. The van der Waals surface area contributed by atoms with Crippen molar-refractivity contribution in [1.29, 1.82) is 0 Å². The molecular weight excluding hydrogens is 665 g/mol. The second-order valence-corrected chi connectivity index (χ2v) is 14.8. The first-order valence-corrected chi connectivity index (χ1v) is 19.3. The molecule has 1 aliphatic heterocycles. The van der Waals surface area contributed by atoms with Crippen molar-refractivity contribution in [2.75, 3.05) is 0 Å². The van der Waals surface area contributed by atoms with Gasteiger partial charge in [0, 0.05) is 11.1 Å². The molecule has 0 aromatic heterocycles. The highest BCUT2D eigenvalue weighted by atomic mass is 15.1. The maximum Gasteiger partial charge on any atom is 0.134 e. The summed E-state index contributed by atoms with van der Waals surface area (Å²) in [6.45, 7) is 2.33. The molecule has 262 valence electrons. The van der Waals surface area contributed by atoms with Crippen molar-refractivity contribution in [1.82, 2.24) is 5.32 Å². The van der Waals surface area contributed by atoms with E-state index in [9.17, 15) is 0 Å². The molecule has 0 saturated heterocycles. The van der Waals surface area contributed by atoms with E-state index in [0.717, 1.165) is 23.5 Å². The summed E-state index contributed by atoms with van der Waals surface area (Å²) in [6, 6.07) is 64.0. The number of benzene rings is 8. The second-order valence-electron chi connectivity index (χ2n) is 14.8. The fourth-order valence-electron chi connectivity index (χ4n) is 8.65. The Labute approximate surface area is 322 Å². The molecule has 2 aliphatic rings. The van der Waals surface area contributed by atoms with Crippen molar-refractivity contribution in [3.63, 3.8) is 0 Å². The molecule has 1 aliphatic carbocycles. The van der Waals surface area contributed by atoms with E-state index in [4.69, 9.17) is 4.99 Å². The average molecular weight is 705 g/mol. The summed E-state index contributed by atoms with van der Waals surface area (Å²) >= 11 is 0. The average Bonchev–Trinajstić information content (AvgIpc) is 3.26. The Morgan fingerprint density at radius 3 is 1.87 bits per heavy atom. The van der Waals surface area contributed by atoms with Gasteiger partial charge >= 0.3 is 0 Å². The molecule has 0 amide bonds. The number of para-hydroxylation sites is 1. The van der Waals surface area contributed by atoms with Crippen LogP contribution in [0.1, 0.15) is 41.6 Å². The van der Waals surface area contributed by atoms with Gasteiger partial charge in [-0.1, -0.05) is 183 Å². The minimum Gasteiger partial charge on any atom is -0.359 e. The topological polar surface area (TPSA) is 24.4 Å². The Balaban J connectivity index is 1.21. The Morgan fingerprint density at radius 2 is 1.09 bits per heavy atom. The van der Waals surface area contributed by atoms with Gasteiger partial charge in [0.25, 0.3) is 0 Å². The van der Waals surface area contributed by atoms with Crippen molar-refractivity contribution in [2.45, 2.75) is 19.4 Å². The first kappa shape index (κ1) is 32.8. The maximum absolute atomic E-state index is 5.25. The van der Waals surface area contributed by atoms with E-state index >= 15 is 0 Å². The van der Waals surface area contributed by atoms with Crippen LogP contribution in [0.4, 0.5) is 5.69 Å². The molecule has 8 aromatic rings. The van der Waals surface area contributed by atoms with E-state index < -0.39 is 0 Å². The quantitative estimate of drug-likeness (QED) is 0.171. The van der Waals surface area contributed by atoms with Crippen molar-refractivity contribution < 1.29 is 0 Å². The third-order valence-electron chi connectivity index (χ3n) is 11.4. The first-order valence-electron chi connectivity index (χ1n) is 19.3. The third kappa shape index (κ3) is 5.97. The summed E-state index contributed by atoms with van der Waals surface area (Å²) in [4.78, 5) is 5.25. The lowest BCUT2D eigenvalue weighted by atomic mass is 9.83. The van der Waals surface area contributed by atoms with Gasteiger partial charge in [0.2, 0.25) is 0 Å². The summed E-state index contributed by atoms with van der Waals surface area (Å²) in [6.07, 6.45) is 7.83. The number of nitrogens with zero attached hydrogens (tertiary/aromatic N) is 1. The molecule has 1 N–H and O–H groups in total. The molecule has 2 nitrogen and oxygen atoms in total. The predicted octanol–water partition coefficient (Wildman–Crippen LogP) is 13.7. The number of allylic oxidation sites excluding steroid dienone is 4. The van der Waals surface area contributed by atoms with Gasteiger partial charge in [0.1, 0.15) is 5.84 Å². The van der Waals surface area contributed by atoms with Gasteiger partial charge in [-0.05, 0) is 102 Å². The molecule has 0 bridgehead atoms. The van der Waals surface area contributed by atoms with Crippen LogP contribution in [-0.4, -0.2) is 5.84 Å². The largest absolute Gasteiger partial charge is 0.359 e. The van der Waals surface area contributed by atoms with Crippen LogP contribution in [0.15, 0.2) is 199 Å². The van der Waals surface area contributed by atoms with Gasteiger partial charge in [0.05, 0.1) is 11.7 Å². The SMILES string of the molecule is CC1CC=CC=C1c1cccc(-c2c3ccccc3c(-c3ccc(-c4ccccc4)cc3)c3cc(C4=Nc5ccccc5C(c5ccccc5)N4)ccc23)c1. The normalized spacial score (nSPS) is 16.3. The molecule has 0 fully saturated rings. The monoisotopic (exact) mass is 704 g/mol. The molecular formula is C53H40N2. The number of aliphatic imine (C=N–C) groups is 1. The Hall–Kier alpha value is -6.77. The molecule has 2 heteroatoms. The van der Waals surface area contributed by atoms with Gasteiger partial charge < -0.3 is 5.32 Å². The Kier molecular flexibility index (Phi) is 8.30. The van der Waals surface area contributed by atoms with Gasteiger partial charge in [-0.25, -0.2) is 4.99 Å². The minimum atomic E-state index is -0.00756. The lowest BCUT2D eigenvalue weighted by molar-refractivity contribution is 0.749. The minimum absolute atomic E-state index is 0.00756. The van der Waals surface area contributed by atoms with Crippen LogP contribution in [0, 0.1) is 5.92 Å². The molecule has 0 radical (unpaired) electrons. The first-order chi connectivity index (χ1) is 27.2. The zero-order valence-electron chi connectivity index (χ0n) is 30.8. The number of fused-ring (bicyclic) bond motifs is 3. The summed E-state index contributed by atoms with van der Waals surface area (Å²) in [5.41, 5.74) is 14.5. The molecule has 2 atom stereocenters. The lowest BCUT2D eigenvalue weighted by Gasteiger charge is -2.28. The van der Waals surface area contributed by atoms with Crippen molar-refractivity contribution in [2.24, 2.45) is 10.9 Å². The molecule has 2 unspecified atom stereocenters. The smallest absolute Gasteiger partial charge is 0.134 e. The van der Waals surface area contributed by atoms with Crippen LogP contribution < -0.4 is 5.32 Å². The number of nitrogens with one attached hydrogen (secondary N) is 1. The van der Waals surface area contributed by atoms with E-state index in [1.807, 2.05) is 0 Å². The molecule has 8 aromatic carbocycles. The van der Waals surface area contributed by atoms with Gasteiger partial charge in [0.15, 0.2) is 0 Å². The van der Waals surface area contributed by atoms with E-state index in [-0.39, 0.29) is 6.04 Å². The summed E-state index contributed by atoms with van der Waals surface area (Å²) < 4.78 is 0. The number of hydrogen-bond donors (Lipinski definition) is 1. The fraction of sp³-hybridized carbons (Fsp3) is 0.0755. The molecule has 0 saturated carbocycles. The van der Waals surface area contributed by atoms with Crippen LogP contribution >= 0.6 is 0 Å². The molecule has 10 rings (SSSR count). The third-order valence-corrected chi connectivity index (χ3v) is 11.4. The second kappa shape index (κ2) is 13.9. The van der Waals surface area contributed by atoms with Crippen LogP contribution in [0.3, 0.4) is 0 Å². The van der Waals surface area contributed by atoms with Crippen LogP contribution in [0.25, 0.3) is 60.5 Å². The zero-order chi connectivity index (χ0) is 36.7. The van der Waals surface area contributed by atoms with E-state index in [2.05, 4.69) is 206 Å². The van der Waals surface area contributed by atoms with Crippen LogP contribution in [-0.2, 0) is 0 Å². The van der Waals surface area contributed by atoms with Crippen LogP contribution in [0.5, 0.6) is 0 Å². The van der Waals surface area contributed by atoms with Crippen LogP contribution in [0.2, 0.25) is 0 Å². The van der Waals surface area contributed by atoms with Crippen molar-refractivity contribution in [3.8, 4) is 33.4 Å². The number of amidine groups is 1. The lowest BCUT2D eigenvalue weighted by Crippen LogP contribution is -2.32. The van der Waals surface area contributed by atoms with E-state index in [1.54, 1.807) is 0 Å². The Bertz CT molecular complexity index is 2810. The van der Waals surface area contributed by atoms with Crippen molar-refractivity contribution in [3.05, 3.63) is 216 Å². The standard InChI is InChI=1S/C53H40N2/c1-35-15-8-9-22-43(35)40-20-14-21-41(33-40)51-45-24-11-10-23-44(45)50(38-29-27-37(28-30-38)36-16-4-2-5-17-36)48-34-42(31-32-46(48)51)53-54-49-26-13-12-25-47(49)52(55-53)39-18-6-3-7-19-39/h2-14,16-35,52H,15H2,1H3,(H,54,55). The van der Waals surface area contributed by atoms with E-state index in [0.29, 0.717) is 5.92 Å². The van der Waals surface area contributed by atoms with Gasteiger partial charge in [-0.3, -0.25) is 0 Å². The predicted molar refractivity (Wildman–Crippen MR) is 233 cm³/mol. The van der Waals surface area contributed by atoms with Crippen molar-refractivity contribution >= 4 is 38.6 Å². The number of rotatable bonds is 6. The highest BCUT2D eigenvalue weighted by molar-refractivity contribution is 6.22. The maximum atomic E-state index is 5.25. The van der Waals surface area contributed by atoms with Gasteiger partial charge in [-0.2, -0.15) is 0 Å². The summed E-state index contributed by atoms with van der Waals surface area (Å²) in [5.74, 6) is 1.36. The number of hydrogen-bond acceptors (Lipinski definition) is 2. The van der Waals surface area contributed by atoms with E-state index in [1.165, 1.54) is 77.2 Å². The van der Waals surface area contributed by atoms with Gasteiger partial charge in [-0.15, -0.1) is 0 Å². The zero-order valence-corrected chi connectivity index (χ0v) is 30.8. The molecule has 0 spiro atoms. The molecule has 1 heterocycles. The highest BCUT2D eigenvalue weighted by Crippen LogP contribution is 2.45. The highest BCUT2D eigenvalue weighted by Gasteiger charge is 2.25. The molecule has 55 heavy (non-hydrogen) atoms. The Morgan fingerprint density at radius 1 is 0.491 bits per heavy atom.